The summed E-state index contributed by atoms with van der Waals surface area (Å²) >= 11 is 0. The van der Waals surface area contributed by atoms with Crippen LogP contribution in [0.4, 0.5) is 0 Å². The summed E-state index contributed by atoms with van der Waals surface area (Å²) in [5.41, 5.74) is 8.43. The molecule has 158 valence electrons. The smallest absolute Gasteiger partial charge is 0.0379 e. The van der Waals surface area contributed by atoms with Gasteiger partial charge in [0.05, 0.1) is 0 Å². The fraction of sp³-hybridized carbons (Fsp3) is 0.667. The molecule has 0 spiro atoms. The molecule has 1 nitrogen and oxygen atoms in total. The average molecular weight is 384 g/mol. The van der Waals surface area contributed by atoms with Crippen LogP contribution in [0.25, 0.3) is 0 Å². The van der Waals surface area contributed by atoms with Gasteiger partial charge < -0.3 is 0 Å². The van der Waals surface area contributed by atoms with Gasteiger partial charge in [-0.05, 0) is 89.2 Å². The molecule has 1 fully saturated rings. The van der Waals surface area contributed by atoms with Crippen LogP contribution in [-0.4, -0.2) is 12.8 Å². The summed E-state index contributed by atoms with van der Waals surface area (Å²) in [7, 11) is 1.98. The van der Waals surface area contributed by atoms with Gasteiger partial charge in [0.1, 0.15) is 0 Å². The van der Waals surface area contributed by atoms with Gasteiger partial charge in [0.15, 0.2) is 0 Å². The highest BCUT2D eigenvalue weighted by molar-refractivity contribution is 6.01. The van der Waals surface area contributed by atoms with Gasteiger partial charge in [-0.15, -0.1) is 0 Å². The minimum atomic E-state index is 0.470. The molecule has 1 aliphatic carbocycles. The average Bonchev–Trinajstić information content (AvgIpc) is 2.71. The fourth-order valence-corrected chi connectivity index (χ4v) is 4.47. The molecule has 0 heterocycles. The molecule has 1 aliphatic rings. The summed E-state index contributed by atoms with van der Waals surface area (Å²) in [6, 6.07) is 0. The lowest BCUT2D eigenvalue weighted by molar-refractivity contribution is 0.181. The third-order valence-corrected chi connectivity index (χ3v) is 7.06. The zero-order valence-corrected chi connectivity index (χ0v) is 19.7. The summed E-state index contributed by atoms with van der Waals surface area (Å²) < 4.78 is 0. The van der Waals surface area contributed by atoms with Crippen molar-refractivity contribution in [3.8, 4) is 0 Å². The van der Waals surface area contributed by atoms with E-state index in [2.05, 4.69) is 53.9 Å². The van der Waals surface area contributed by atoms with Gasteiger partial charge in [-0.2, -0.15) is 0 Å². The van der Waals surface area contributed by atoms with E-state index in [1.807, 2.05) is 7.05 Å². The SMILES string of the molecule is C=C(CCCCC(=NC)/C(CC1(CC)CCCCC1)=C(\C)C(=C)C)/C(C)=C/C. The van der Waals surface area contributed by atoms with Crippen LogP contribution < -0.4 is 0 Å². The summed E-state index contributed by atoms with van der Waals surface area (Å²) in [6.45, 7) is 19.5. The molecule has 0 atom stereocenters. The number of aliphatic imine (C=N–C) groups is 1. The lowest BCUT2D eigenvalue weighted by atomic mass is 9.67. The maximum absolute atomic E-state index is 4.77. The van der Waals surface area contributed by atoms with E-state index >= 15 is 0 Å². The van der Waals surface area contributed by atoms with Crippen molar-refractivity contribution in [2.45, 2.75) is 105 Å². The topological polar surface area (TPSA) is 12.4 Å². The Hall–Kier alpha value is -1.37. The molecule has 0 aromatic heterocycles. The number of nitrogens with zero attached hydrogens (tertiary/aromatic N) is 1. The van der Waals surface area contributed by atoms with E-state index in [-0.39, 0.29) is 0 Å². The molecule has 0 unspecified atom stereocenters. The fourth-order valence-electron chi connectivity index (χ4n) is 4.47. The van der Waals surface area contributed by atoms with Gasteiger partial charge in [-0.1, -0.05) is 68.6 Å². The third kappa shape index (κ3) is 7.22. The quantitative estimate of drug-likeness (QED) is 0.192. The highest BCUT2D eigenvalue weighted by atomic mass is 14.7. The molecule has 0 bridgehead atoms. The second-order valence-corrected chi connectivity index (χ2v) is 8.93. The van der Waals surface area contributed by atoms with E-state index in [1.54, 1.807) is 0 Å². The van der Waals surface area contributed by atoms with Crippen LogP contribution in [0.15, 0.2) is 52.1 Å². The zero-order valence-electron chi connectivity index (χ0n) is 19.7. The summed E-state index contributed by atoms with van der Waals surface area (Å²) in [6.07, 6.45) is 16.1. The second-order valence-electron chi connectivity index (χ2n) is 8.93. The van der Waals surface area contributed by atoms with Crippen molar-refractivity contribution in [2.24, 2.45) is 10.4 Å². The van der Waals surface area contributed by atoms with Crippen LogP contribution in [0.3, 0.4) is 0 Å². The van der Waals surface area contributed by atoms with Crippen molar-refractivity contribution in [3.63, 3.8) is 0 Å². The third-order valence-electron chi connectivity index (χ3n) is 7.06. The van der Waals surface area contributed by atoms with E-state index in [1.165, 1.54) is 91.4 Å². The normalized spacial score (nSPS) is 18.6. The first kappa shape index (κ1) is 24.7. The van der Waals surface area contributed by atoms with Crippen LogP contribution in [0.2, 0.25) is 0 Å². The minimum Gasteiger partial charge on any atom is -0.293 e. The van der Waals surface area contributed by atoms with E-state index in [0.717, 1.165) is 12.8 Å². The largest absolute Gasteiger partial charge is 0.293 e. The van der Waals surface area contributed by atoms with Crippen LogP contribution >= 0.6 is 0 Å². The molecule has 0 N–H and O–H groups in total. The van der Waals surface area contributed by atoms with Gasteiger partial charge in [0, 0.05) is 12.8 Å². The lowest BCUT2D eigenvalue weighted by Crippen LogP contribution is -2.26. The summed E-state index contributed by atoms with van der Waals surface area (Å²) in [4.78, 5) is 4.77. The Bertz CT molecular complexity index is 621. The van der Waals surface area contributed by atoms with E-state index in [9.17, 15) is 0 Å². The van der Waals surface area contributed by atoms with Crippen molar-refractivity contribution in [1.82, 2.24) is 0 Å². The number of rotatable bonds is 11. The molecule has 1 saturated carbocycles. The molecule has 28 heavy (non-hydrogen) atoms. The van der Waals surface area contributed by atoms with Crippen molar-refractivity contribution >= 4 is 5.71 Å². The van der Waals surface area contributed by atoms with Gasteiger partial charge >= 0.3 is 0 Å². The number of unbranched alkanes of at least 4 members (excludes halogenated alkanes) is 1. The molecule has 0 saturated heterocycles. The van der Waals surface area contributed by atoms with Crippen LogP contribution in [0.1, 0.15) is 105 Å². The molecule has 0 aliphatic heterocycles. The van der Waals surface area contributed by atoms with Crippen LogP contribution in [-0.2, 0) is 0 Å². The molecule has 0 amide bonds. The number of hydrogen-bond donors (Lipinski definition) is 0. The van der Waals surface area contributed by atoms with Gasteiger partial charge in [-0.25, -0.2) is 0 Å². The Morgan fingerprint density at radius 1 is 1.00 bits per heavy atom. The van der Waals surface area contributed by atoms with E-state index < -0.39 is 0 Å². The molecule has 0 radical (unpaired) electrons. The first-order chi connectivity index (χ1) is 13.3. The monoisotopic (exact) mass is 383 g/mol. The van der Waals surface area contributed by atoms with Gasteiger partial charge in [-0.3, -0.25) is 4.99 Å². The van der Waals surface area contributed by atoms with Gasteiger partial charge in [0.25, 0.3) is 0 Å². The van der Waals surface area contributed by atoms with E-state index in [0.29, 0.717) is 5.41 Å². The Morgan fingerprint density at radius 3 is 2.11 bits per heavy atom. The maximum Gasteiger partial charge on any atom is 0.0379 e. The highest BCUT2D eigenvalue weighted by Crippen LogP contribution is 2.45. The molecule has 1 rings (SSSR count). The Morgan fingerprint density at radius 2 is 1.61 bits per heavy atom. The van der Waals surface area contributed by atoms with Crippen molar-refractivity contribution in [3.05, 3.63) is 47.1 Å². The highest BCUT2D eigenvalue weighted by Gasteiger charge is 2.32. The predicted molar refractivity (Wildman–Crippen MR) is 128 cm³/mol. The maximum atomic E-state index is 4.77. The number of allylic oxidation sites excluding steroid dienone is 6. The second kappa shape index (κ2) is 12.2. The van der Waals surface area contributed by atoms with Crippen molar-refractivity contribution < 1.29 is 0 Å². The predicted octanol–water partition coefficient (Wildman–Crippen LogP) is 8.78. The Labute approximate surface area is 175 Å². The molecule has 0 aromatic rings. The van der Waals surface area contributed by atoms with E-state index in [4.69, 9.17) is 4.99 Å². The Kier molecular flexibility index (Phi) is 10.8. The van der Waals surface area contributed by atoms with Crippen molar-refractivity contribution in [2.75, 3.05) is 7.05 Å². The lowest BCUT2D eigenvalue weighted by Gasteiger charge is -2.38. The minimum absolute atomic E-state index is 0.470. The molecular formula is C27H45N. The summed E-state index contributed by atoms with van der Waals surface area (Å²) in [5, 5.41) is 0. The Balaban J connectivity index is 2.89. The molecule has 0 aromatic carbocycles. The first-order valence-corrected chi connectivity index (χ1v) is 11.4. The molecular weight excluding hydrogens is 338 g/mol. The first-order valence-electron chi connectivity index (χ1n) is 11.4. The van der Waals surface area contributed by atoms with Crippen molar-refractivity contribution in [1.29, 1.82) is 0 Å². The zero-order chi connectivity index (χ0) is 21.2. The number of hydrogen-bond acceptors (Lipinski definition) is 1. The summed E-state index contributed by atoms with van der Waals surface area (Å²) in [5.74, 6) is 0. The molecule has 1 heteroatoms. The van der Waals surface area contributed by atoms with Gasteiger partial charge in [0.2, 0.25) is 0 Å². The van der Waals surface area contributed by atoms with Crippen LogP contribution in [0, 0.1) is 5.41 Å². The standard InChI is InChI=1S/C27H45N/c1-9-22(5)23(6)16-12-13-17-26(28-8)25(24(7)21(3)4)20-27(10-2)18-14-11-15-19-27/h9H,3,6,10-20H2,1-2,4-5,7-8H3/b22-9+,25-24+,28-26?. The van der Waals surface area contributed by atoms with Crippen LogP contribution in [0.5, 0.6) is 0 Å².